The standard InChI is InChI=1S/C18H19F2N2P/c1-12-11-22(13-6-3-2-4-7-13)21-18(12)14-10-17(23)16(20)9-5-8-15(14)19/h2-3,6,8,10-11H,4-5,7,9,23H2,1H3/b14-10+,15-8+,17-16-. The normalized spacial score (nSPS) is 26.7. The molecular weight excluding hydrogens is 313 g/mol. The number of hydrogen-bond donors (Lipinski definition) is 0. The molecule has 0 fully saturated rings. The zero-order chi connectivity index (χ0) is 16.4. The topological polar surface area (TPSA) is 17.8 Å². The molecule has 1 atom stereocenters. The Balaban J connectivity index is 2.06. The van der Waals surface area contributed by atoms with Gasteiger partial charge in [-0.15, -0.1) is 9.24 Å². The van der Waals surface area contributed by atoms with Crippen LogP contribution in [0, 0.1) is 6.92 Å². The molecular formula is C18H19F2N2P. The van der Waals surface area contributed by atoms with E-state index in [0.717, 1.165) is 24.1 Å². The largest absolute Gasteiger partial charge is 0.244 e. The summed E-state index contributed by atoms with van der Waals surface area (Å²) in [6.07, 6.45) is 13.4. The minimum atomic E-state index is -0.344. The van der Waals surface area contributed by atoms with Crippen molar-refractivity contribution >= 4 is 20.5 Å². The van der Waals surface area contributed by atoms with Crippen LogP contribution in [0.15, 0.2) is 53.5 Å². The van der Waals surface area contributed by atoms with Crippen LogP contribution in [0.5, 0.6) is 0 Å². The molecule has 0 saturated heterocycles. The van der Waals surface area contributed by atoms with Crippen molar-refractivity contribution in [1.82, 2.24) is 9.78 Å². The summed E-state index contributed by atoms with van der Waals surface area (Å²) in [5.41, 5.74) is 2.84. The Morgan fingerprint density at radius 2 is 2.04 bits per heavy atom. The van der Waals surface area contributed by atoms with Gasteiger partial charge in [0, 0.05) is 29.2 Å². The van der Waals surface area contributed by atoms with Crippen molar-refractivity contribution in [3.63, 3.8) is 0 Å². The molecule has 0 bridgehead atoms. The quantitative estimate of drug-likeness (QED) is 0.657. The lowest BCUT2D eigenvalue weighted by atomic mass is 10.0. The molecule has 0 saturated carbocycles. The van der Waals surface area contributed by atoms with Crippen LogP contribution in [0.1, 0.15) is 36.9 Å². The van der Waals surface area contributed by atoms with Gasteiger partial charge in [0.1, 0.15) is 11.7 Å². The summed E-state index contributed by atoms with van der Waals surface area (Å²) in [5.74, 6) is -0.572. The minimum Gasteiger partial charge on any atom is -0.244 e. The van der Waals surface area contributed by atoms with Crippen LogP contribution in [0.4, 0.5) is 8.78 Å². The summed E-state index contributed by atoms with van der Waals surface area (Å²) in [6.45, 7) is 1.90. The Bertz CT molecular complexity index is 779. The minimum absolute atomic E-state index is 0.225. The van der Waals surface area contributed by atoms with Crippen LogP contribution in [0.25, 0.3) is 11.3 Å². The third-order valence-corrected chi connectivity index (χ3v) is 4.48. The maximum absolute atomic E-state index is 14.5. The van der Waals surface area contributed by atoms with Crippen LogP contribution in [0.3, 0.4) is 0 Å². The van der Waals surface area contributed by atoms with E-state index in [-0.39, 0.29) is 18.1 Å². The maximum atomic E-state index is 14.5. The molecule has 2 aliphatic carbocycles. The third-order valence-electron chi connectivity index (χ3n) is 4.00. The van der Waals surface area contributed by atoms with Gasteiger partial charge in [-0.1, -0.05) is 12.2 Å². The van der Waals surface area contributed by atoms with E-state index in [1.165, 1.54) is 12.2 Å². The summed E-state index contributed by atoms with van der Waals surface area (Å²) in [4.78, 5) is 0. The van der Waals surface area contributed by atoms with E-state index in [9.17, 15) is 8.78 Å². The lowest BCUT2D eigenvalue weighted by Crippen LogP contribution is -2.01. The first kappa shape index (κ1) is 16.1. The number of nitrogens with zero attached hydrogens (tertiary/aromatic N) is 2. The number of aryl methyl sites for hydroxylation is 1. The molecule has 0 aromatic carbocycles. The van der Waals surface area contributed by atoms with Gasteiger partial charge in [-0.3, -0.25) is 0 Å². The zero-order valence-corrected chi connectivity index (χ0v) is 14.2. The molecule has 0 amide bonds. The van der Waals surface area contributed by atoms with E-state index < -0.39 is 0 Å². The summed E-state index contributed by atoms with van der Waals surface area (Å²) < 4.78 is 30.1. The second kappa shape index (κ2) is 6.76. The van der Waals surface area contributed by atoms with Crippen molar-refractivity contribution < 1.29 is 8.78 Å². The van der Waals surface area contributed by atoms with Crippen LogP contribution >= 0.6 is 9.24 Å². The van der Waals surface area contributed by atoms with Gasteiger partial charge < -0.3 is 0 Å². The molecule has 120 valence electrons. The number of aromatic nitrogens is 2. The zero-order valence-electron chi connectivity index (χ0n) is 13.0. The summed E-state index contributed by atoms with van der Waals surface area (Å²) >= 11 is 0. The second-order valence-corrected chi connectivity index (χ2v) is 6.36. The van der Waals surface area contributed by atoms with E-state index in [1.807, 2.05) is 25.3 Å². The third kappa shape index (κ3) is 3.42. The van der Waals surface area contributed by atoms with Crippen molar-refractivity contribution in [3.8, 4) is 0 Å². The van der Waals surface area contributed by atoms with Gasteiger partial charge in [0.15, 0.2) is 0 Å². The molecule has 0 N–H and O–H groups in total. The van der Waals surface area contributed by atoms with Gasteiger partial charge in [0.2, 0.25) is 0 Å². The molecule has 3 rings (SSSR count). The highest BCUT2D eigenvalue weighted by Gasteiger charge is 2.18. The molecule has 2 nitrogen and oxygen atoms in total. The SMILES string of the molecule is Cc1cn(C2=CC=CCC2)nc1C1=C/C(P)=C(/F)CC/C=C\1F. The Morgan fingerprint density at radius 3 is 2.78 bits per heavy atom. The second-order valence-electron chi connectivity index (χ2n) is 5.74. The highest BCUT2D eigenvalue weighted by atomic mass is 31.0. The van der Waals surface area contributed by atoms with Crippen LogP contribution in [-0.4, -0.2) is 9.78 Å². The first-order valence-electron chi connectivity index (χ1n) is 7.71. The Labute approximate surface area is 137 Å². The van der Waals surface area contributed by atoms with Crippen LogP contribution < -0.4 is 0 Å². The fourth-order valence-electron chi connectivity index (χ4n) is 2.72. The van der Waals surface area contributed by atoms with Gasteiger partial charge in [-0.05, 0) is 50.0 Å². The number of rotatable bonds is 2. The predicted octanol–water partition coefficient (Wildman–Crippen LogP) is 5.47. The molecule has 0 aliphatic heterocycles. The lowest BCUT2D eigenvalue weighted by Gasteiger charge is -2.10. The molecule has 23 heavy (non-hydrogen) atoms. The molecule has 0 radical (unpaired) electrons. The Morgan fingerprint density at radius 1 is 1.22 bits per heavy atom. The van der Waals surface area contributed by atoms with Gasteiger partial charge in [-0.25, -0.2) is 13.5 Å². The van der Waals surface area contributed by atoms with Gasteiger partial charge >= 0.3 is 0 Å². The van der Waals surface area contributed by atoms with Crippen molar-refractivity contribution in [2.45, 2.75) is 32.6 Å². The van der Waals surface area contributed by atoms with Crippen molar-refractivity contribution in [1.29, 1.82) is 0 Å². The number of allylic oxidation sites excluding steroid dienone is 10. The predicted molar refractivity (Wildman–Crippen MR) is 93.9 cm³/mol. The lowest BCUT2D eigenvalue weighted by molar-refractivity contribution is 0.584. The van der Waals surface area contributed by atoms with Crippen LogP contribution in [0.2, 0.25) is 0 Å². The number of hydrogen-bond acceptors (Lipinski definition) is 1. The average molecular weight is 332 g/mol. The molecule has 0 spiro atoms. The van der Waals surface area contributed by atoms with Crippen molar-refractivity contribution in [3.05, 3.63) is 64.8 Å². The number of halogens is 2. The van der Waals surface area contributed by atoms with Gasteiger partial charge in [0.05, 0.1) is 5.69 Å². The van der Waals surface area contributed by atoms with E-state index in [0.29, 0.717) is 23.0 Å². The fourth-order valence-corrected chi connectivity index (χ4v) is 3.03. The Kier molecular flexibility index (Phi) is 4.72. The van der Waals surface area contributed by atoms with E-state index in [4.69, 9.17) is 0 Å². The molecule has 1 aromatic rings. The highest BCUT2D eigenvalue weighted by Crippen LogP contribution is 2.34. The summed E-state index contributed by atoms with van der Waals surface area (Å²) in [5, 5.41) is 4.94. The summed E-state index contributed by atoms with van der Waals surface area (Å²) in [6, 6.07) is 0. The maximum Gasteiger partial charge on any atom is 0.128 e. The molecule has 1 heterocycles. The average Bonchev–Trinajstić information content (AvgIpc) is 2.93. The first-order chi connectivity index (χ1) is 11.1. The Hall–Kier alpha value is -1.80. The highest BCUT2D eigenvalue weighted by molar-refractivity contribution is 7.23. The fraction of sp³-hybridized carbons (Fsp3) is 0.278. The van der Waals surface area contributed by atoms with Gasteiger partial charge in [-0.2, -0.15) is 5.10 Å². The van der Waals surface area contributed by atoms with Crippen molar-refractivity contribution in [2.75, 3.05) is 0 Å². The first-order valence-corrected chi connectivity index (χ1v) is 8.28. The van der Waals surface area contributed by atoms with E-state index in [1.54, 1.807) is 4.68 Å². The van der Waals surface area contributed by atoms with E-state index >= 15 is 0 Å². The van der Waals surface area contributed by atoms with Gasteiger partial charge in [0.25, 0.3) is 0 Å². The molecule has 2 aliphatic rings. The smallest absolute Gasteiger partial charge is 0.128 e. The molecule has 5 heteroatoms. The molecule has 1 unspecified atom stereocenters. The summed E-state index contributed by atoms with van der Waals surface area (Å²) in [7, 11) is 2.35. The van der Waals surface area contributed by atoms with E-state index in [2.05, 4.69) is 20.4 Å². The van der Waals surface area contributed by atoms with Crippen molar-refractivity contribution in [2.24, 2.45) is 0 Å². The monoisotopic (exact) mass is 332 g/mol. The van der Waals surface area contributed by atoms with Crippen LogP contribution in [-0.2, 0) is 0 Å². The molecule has 1 aromatic heterocycles.